The standard InChI is InChI=1S/C20H27N3O2/c1-14-11-17(14)18(24)22-16-4-2-3-15(12-16)19(25)23-9-6-20(7-10-23)5-8-21-13-20/h2-4,12,14,17,21H,5-11,13H2,1H3,(H,22,24). The van der Waals surface area contributed by atoms with E-state index in [1.165, 1.54) is 6.42 Å². The van der Waals surface area contributed by atoms with Crippen LogP contribution in [0.1, 0.15) is 43.0 Å². The predicted molar refractivity (Wildman–Crippen MR) is 97.4 cm³/mol. The Bertz CT molecular complexity index is 671. The van der Waals surface area contributed by atoms with Crippen LogP contribution in [0, 0.1) is 17.3 Å². The highest BCUT2D eigenvalue weighted by molar-refractivity contribution is 5.98. The second-order valence-electron chi connectivity index (χ2n) is 8.11. The summed E-state index contributed by atoms with van der Waals surface area (Å²) < 4.78 is 0. The first-order valence-corrected chi connectivity index (χ1v) is 9.47. The molecule has 1 aromatic carbocycles. The second-order valence-corrected chi connectivity index (χ2v) is 8.11. The molecule has 5 nitrogen and oxygen atoms in total. The molecule has 3 fully saturated rings. The van der Waals surface area contributed by atoms with Crippen LogP contribution in [0.3, 0.4) is 0 Å². The molecule has 2 atom stereocenters. The van der Waals surface area contributed by atoms with Crippen molar-refractivity contribution in [2.45, 2.75) is 32.6 Å². The van der Waals surface area contributed by atoms with E-state index in [4.69, 9.17) is 0 Å². The van der Waals surface area contributed by atoms with Crippen molar-refractivity contribution in [1.82, 2.24) is 10.2 Å². The minimum atomic E-state index is 0.0748. The van der Waals surface area contributed by atoms with Crippen molar-refractivity contribution in [3.8, 4) is 0 Å². The molecular formula is C20H27N3O2. The fourth-order valence-electron chi connectivity index (χ4n) is 4.24. The molecule has 134 valence electrons. The molecule has 0 radical (unpaired) electrons. The first kappa shape index (κ1) is 16.6. The number of amides is 2. The summed E-state index contributed by atoms with van der Waals surface area (Å²) in [6.45, 7) is 5.95. The number of hydrogen-bond donors (Lipinski definition) is 2. The van der Waals surface area contributed by atoms with Gasteiger partial charge in [-0.25, -0.2) is 0 Å². The van der Waals surface area contributed by atoms with Gasteiger partial charge in [0, 0.05) is 36.8 Å². The number of likely N-dealkylation sites (tertiary alicyclic amines) is 1. The molecule has 2 unspecified atom stereocenters. The molecule has 5 heteroatoms. The molecule has 1 aliphatic carbocycles. The van der Waals surface area contributed by atoms with Crippen LogP contribution in [0.4, 0.5) is 5.69 Å². The van der Waals surface area contributed by atoms with Gasteiger partial charge in [-0.2, -0.15) is 0 Å². The maximum absolute atomic E-state index is 12.8. The Hall–Kier alpha value is -1.88. The van der Waals surface area contributed by atoms with Crippen molar-refractivity contribution in [3.05, 3.63) is 29.8 Å². The van der Waals surface area contributed by atoms with Crippen molar-refractivity contribution in [2.75, 3.05) is 31.5 Å². The lowest BCUT2D eigenvalue weighted by Crippen LogP contribution is -2.44. The van der Waals surface area contributed by atoms with Gasteiger partial charge in [-0.15, -0.1) is 0 Å². The summed E-state index contributed by atoms with van der Waals surface area (Å²) in [6.07, 6.45) is 4.37. The zero-order chi connectivity index (χ0) is 17.4. The van der Waals surface area contributed by atoms with E-state index in [0.717, 1.165) is 51.1 Å². The molecule has 0 aromatic heterocycles. The molecule has 4 rings (SSSR count). The van der Waals surface area contributed by atoms with Gasteiger partial charge in [-0.05, 0) is 61.8 Å². The van der Waals surface area contributed by atoms with Crippen LogP contribution in [0.25, 0.3) is 0 Å². The molecule has 2 aliphatic heterocycles. The number of nitrogens with zero attached hydrogens (tertiary/aromatic N) is 1. The fraction of sp³-hybridized carbons (Fsp3) is 0.600. The van der Waals surface area contributed by atoms with Gasteiger partial charge in [-0.1, -0.05) is 13.0 Å². The van der Waals surface area contributed by atoms with E-state index < -0.39 is 0 Å². The minimum absolute atomic E-state index is 0.0748. The monoisotopic (exact) mass is 341 g/mol. The van der Waals surface area contributed by atoms with Gasteiger partial charge in [0.1, 0.15) is 0 Å². The van der Waals surface area contributed by atoms with Crippen molar-refractivity contribution >= 4 is 17.5 Å². The zero-order valence-electron chi connectivity index (χ0n) is 14.9. The quantitative estimate of drug-likeness (QED) is 0.888. The molecule has 25 heavy (non-hydrogen) atoms. The van der Waals surface area contributed by atoms with E-state index in [0.29, 0.717) is 16.9 Å². The summed E-state index contributed by atoms with van der Waals surface area (Å²) in [4.78, 5) is 26.9. The third kappa shape index (κ3) is 3.43. The highest BCUT2D eigenvalue weighted by Crippen LogP contribution is 2.39. The predicted octanol–water partition coefficient (Wildman–Crippen LogP) is 2.50. The van der Waals surface area contributed by atoms with Gasteiger partial charge < -0.3 is 15.5 Å². The Kier molecular flexibility index (Phi) is 4.28. The number of carbonyl (C=O) groups is 2. The Morgan fingerprint density at radius 3 is 2.64 bits per heavy atom. The zero-order valence-corrected chi connectivity index (χ0v) is 14.9. The van der Waals surface area contributed by atoms with Crippen LogP contribution >= 0.6 is 0 Å². The van der Waals surface area contributed by atoms with E-state index >= 15 is 0 Å². The van der Waals surface area contributed by atoms with Gasteiger partial charge in [0.15, 0.2) is 0 Å². The number of anilines is 1. The Morgan fingerprint density at radius 2 is 2.00 bits per heavy atom. The van der Waals surface area contributed by atoms with Crippen molar-refractivity contribution in [2.24, 2.45) is 17.3 Å². The highest BCUT2D eigenvalue weighted by Gasteiger charge is 2.39. The lowest BCUT2D eigenvalue weighted by Gasteiger charge is -2.39. The first-order chi connectivity index (χ1) is 12.1. The number of hydrogen-bond acceptors (Lipinski definition) is 3. The molecule has 1 saturated carbocycles. The van der Waals surface area contributed by atoms with Crippen molar-refractivity contribution in [1.29, 1.82) is 0 Å². The number of piperidine rings is 1. The van der Waals surface area contributed by atoms with Gasteiger partial charge >= 0.3 is 0 Å². The van der Waals surface area contributed by atoms with Crippen LogP contribution in [-0.2, 0) is 4.79 Å². The Balaban J connectivity index is 1.39. The molecule has 2 N–H and O–H groups in total. The number of benzene rings is 1. The van der Waals surface area contributed by atoms with E-state index in [9.17, 15) is 9.59 Å². The summed E-state index contributed by atoms with van der Waals surface area (Å²) in [5.74, 6) is 0.774. The Morgan fingerprint density at radius 1 is 1.24 bits per heavy atom. The largest absolute Gasteiger partial charge is 0.339 e. The third-order valence-corrected chi connectivity index (χ3v) is 6.27. The normalized spacial score (nSPS) is 27.3. The molecule has 2 saturated heterocycles. The highest BCUT2D eigenvalue weighted by atomic mass is 16.2. The van der Waals surface area contributed by atoms with E-state index in [1.54, 1.807) is 0 Å². The smallest absolute Gasteiger partial charge is 0.253 e. The summed E-state index contributed by atoms with van der Waals surface area (Å²) in [5.41, 5.74) is 1.80. The molecule has 3 aliphatic rings. The number of rotatable bonds is 3. The molecular weight excluding hydrogens is 314 g/mol. The van der Waals surface area contributed by atoms with Gasteiger partial charge in [-0.3, -0.25) is 9.59 Å². The lowest BCUT2D eigenvalue weighted by atomic mass is 9.78. The summed E-state index contributed by atoms with van der Waals surface area (Å²) in [5, 5.41) is 6.41. The molecule has 1 aromatic rings. The van der Waals surface area contributed by atoms with Gasteiger partial charge in [0.05, 0.1) is 0 Å². The molecule has 1 spiro atoms. The average molecular weight is 341 g/mol. The maximum atomic E-state index is 12.8. The number of carbonyl (C=O) groups excluding carboxylic acids is 2. The Labute approximate surface area is 149 Å². The van der Waals surface area contributed by atoms with Crippen LogP contribution in [0.5, 0.6) is 0 Å². The van der Waals surface area contributed by atoms with Gasteiger partial charge in [0.25, 0.3) is 5.91 Å². The fourth-order valence-corrected chi connectivity index (χ4v) is 4.24. The summed E-state index contributed by atoms with van der Waals surface area (Å²) in [6, 6.07) is 7.37. The average Bonchev–Trinajstić information content (AvgIpc) is 3.19. The van der Waals surface area contributed by atoms with Gasteiger partial charge in [0.2, 0.25) is 5.91 Å². The summed E-state index contributed by atoms with van der Waals surface area (Å²) in [7, 11) is 0. The van der Waals surface area contributed by atoms with Crippen LogP contribution in [-0.4, -0.2) is 42.9 Å². The van der Waals surface area contributed by atoms with E-state index in [1.807, 2.05) is 29.2 Å². The van der Waals surface area contributed by atoms with Crippen LogP contribution in [0.2, 0.25) is 0 Å². The number of nitrogens with one attached hydrogen (secondary N) is 2. The maximum Gasteiger partial charge on any atom is 0.253 e. The van der Waals surface area contributed by atoms with E-state index in [-0.39, 0.29) is 17.7 Å². The molecule has 2 amide bonds. The molecule has 0 bridgehead atoms. The van der Waals surface area contributed by atoms with Crippen molar-refractivity contribution in [3.63, 3.8) is 0 Å². The SMILES string of the molecule is CC1CC1C(=O)Nc1cccc(C(=O)N2CCC3(CCNC3)CC2)c1. The lowest BCUT2D eigenvalue weighted by molar-refractivity contribution is -0.117. The van der Waals surface area contributed by atoms with Crippen LogP contribution < -0.4 is 10.6 Å². The second kappa shape index (κ2) is 6.45. The van der Waals surface area contributed by atoms with Crippen LogP contribution in [0.15, 0.2) is 24.3 Å². The minimum Gasteiger partial charge on any atom is -0.339 e. The van der Waals surface area contributed by atoms with E-state index in [2.05, 4.69) is 17.6 Å². The van der Waals surface area contributed by atoms with Crippen molar-refractivity contribution < 1.29 is 9.59 Å². The molecule has 2 heterocycles. The first-order valence-electron chi connectivity index (χ1n) is 9.47. The topological polar surface area (TPSA) is 61.4 Å². The third-order valence-electron chi connectivity index (χ3n) is 6.27. The summed E-state index contributed by atoms with van der Waals surface area (Å²) >= 11 is 0.